The minimum absolute atomic E-state index is 0.157. The predicted molar refractivity (Wildman–Crippen MR) is 114 cm³/mol. The van der Waals surface area contributed by atoms with Gasteiger partial charge in [0.25, 0.3) is 5.91 Å². The van der Waals surface area contributed by atoms with Crippen LogP contribution in [-0.4, -0.2) is 23.8 Å². The Hall–Kier alpha value is -1.86. The van der Waals surface area contributed by atoms with Crippen molar-refractivity contribution in [2.24, 2.45) is 0 Å². The number of thiophene rings is 1. The molecule has 1 aromatic carbocycles. The maximum atomic E-state index is 13.2. The maximum absolute atomic E-state index is 13.2. The van der Waals surface area contributed by atoms with E-state index in [1.165, 1.54) is 22.6 Å². The lowest BCUT2D eigenvalue weighted by molar-refractivity contribution is -0.113. The van der Waals surface area contributed by atoms with Gasteiger partial charge < -0.3 is 15.4 Å². The second kappa shape index (κ2) is 9.37. The van der Waals surface area contributed by atoms with Gasteiger partial charge in [0.2, 0.25) is 5.91 Å². The first-order chi connectivity index (χ1) is 13.1. The zero-order valence-electron chi connectivity index (χ0n) is 15.3. The first-order valence-electron chi connectivity index (χ1n) is 9.17. The molecule has 0 bridgehead atoms. The van der Waals surface area contributed by atoms with Crippen LogP contribution in [0.5, 0.6) is 5.75 Å². The molecule has 27 heavy (non-hydrogen) atoms. The van der Waals surface area contributed by atoms with E-state index in [-0.39, 0.29) is 17.1 Å². The van der Waals surface area contributed by atoms with Gasteiger partial charge in [-0.2, -0.15) is 0 Å². The molecule has 0 atom stereocenters. The molecule has 7 heteroatoms. The number of hydrogen-bond acceptors (Lipinski definition) is 4. The van der Waals surface area contributed by atoms with E-state index < -0.39 is 0 Å². The molecule has 2 N–H and O–H groups in total. The van der Waals surface area contributed by atoms with Crippen LogP contribution < -0.4 is 15.4 Å². The van der Waals surface area contributed by atoms with Crippen molar-refractivity contribution in [2.45, 2.75) is 39.0 Å². The fourth-order valence-electron chi connectivity index (χ4n) is 3.27. The monoisotopic (exact) mass is 450 g/mol. The van der Waals surface area contributed by atoms with Gasteiger partial charge in [0.05, 0.1) is 23.2 Å². The lowest BCUT2D eigenvalue weighted by atomic mass is 10.0. The minimum atomic E-state index is -0.202. The van der Waals surface area contributed by atoms with Crippen LogP contribution in [0.1, 0.15) is 47.0 Å². The van der Waals surface area contributed by atoms with Crippen molar-refractivity contribution < 1.29 is 14.3 Å². The summed E-state index contributed by atoms with van der Waals surface area (Å²) >= 11 is 4.70. The Bertz CT molecular complexity index is 835. The van der Waals surface area contributed by atoms with E-state index >= 15 is 0 Å². The third kappa shape index (κ3) is 4.71. The molecule has 0 unspecified atom stereocenters. The zero-order valence-corrected chi connectivity index (χ0v) is 17.7. The molecule has 0 saturated heterocycles. The molecular formula is C20H23BrN2O3S. The number of amides is 2. The Kier molecular flexibility index (Phi) is 6.90. The van der Waals surface area contributed by atoms with Crippen molar-refractivity contribution in [1.29, 1.82) is 0 Å². The normalized spacial score (nSPS) is 13.4. The number of ether oxygens (including phenoxy) is 1. The molecule has 0 spiro atoms. The van der Waals surface area contributed by atoms with Gasteiger partial charge in [-0.3, -0.25) is 9.59 Å². The van der Waals surface area contributed by atoms with Crippen LogP contribution in [0.15, 0.2) is 24.3 Å². The summed E-state index contributed by atoms with van der Waals surface area (Å²) in [7, 11) is 0. The highest BCUT2D eigenvalue weighted by Gasteiger charge is 2.26. The second-order valence-corrected chi connectivity index (χ2v) is 8.00. The lowest BCUT2D eigenvalue weighted by Crippen LogP contribution is -2.18. The van der Waals surface area contributed by atoms with Crippen molar-refractivity contribution in [3.05, 3.63) is 40.3 Å². The SMILES string of the molecule is CCOc1ccccc1NC(=O)c1c(NC(=O)CBr)sc2c1CCCCC2. The van der Waals surface area contributed by atoms with Crippen LogP contribution in [0.4, 0.5) is 10.7 Å². The van der Waals surface area contributed by atoms with Crippen LogP contribution in [-0.2, 0) is 17.6 Å². The second-order valence-electron chi connectivity index (χ2n) is 6.33. The summed E-state index contributed by atoms with van der Waals surface area (Å²) in [6, 6.07) is 7.39. The fraction of sp³-hybridized carbons (Fsp3) is 0.400. The molecule has 2 amide bonds. The molecule has 1 aliphatic carbocycles. The molecule has 0 saturated carbocycles. The number of hydrogen-bond donors (Lipinski definition) is 2. The highest BCUT2D eigenvalue weighted by atomic mass is 79.9. The average molecular weight is 451 g/mol. The Morgan fingerprint density at radius 2 is 1.93 bits per heavy atom. The van der Waals surface area contributed by atoms with Crippen molar-refractivity contribution >= 4 is 49.8 Å². The molecule has 0 radical (unpaired) electrons. The Labute approximate surface area is 171 Å². The van der Waals surface area contributed by atoms with Crippen LogP contribution >= 0.6 is 27.3 Å². The van der Waals surface area contributed by atoms with E-state index in [2.05, 4.69) is 26.6 Å². The summed E-state index contributed by atoms with van der Waals surface area (Å²) in [5, 5.41) is 6.70. The third-order valence-corrected chi connectivity index (χ3v) is 6.17. The molecule has 3 rings (SSSR count). The summed E-state index contributed by atoms with van der Waals surface area (Å²) in [5.41, 5.74) is 2.31. The van der Waals surface area contributed by atoms with Crippen LogP contribution in [0, 0.1) is 0 Å². The standard InChI is InChI=1S/C20H23BrN2O3S/c1-2-26-15-10-7-6-9-14(15)22-19(25)18-13-8-4-3-5-11-16(13)27-20(18)23-17(24)12-21/h6-7,9-10H,2-5,8,11-12H2,1H3,(H,22,25)(H,23,24). The molecule has 0 fully saturated rings. The summed E-state index contributed by atoms with van der Waals surface area (Å²) in [6.07, 6.45) is 5.17. The van der Waals surface area contributed by atoms with E-state index in [1.54, 1.807) is 0 Å². The number of halogens is 1. The molecule has 2 aromatic rings. The number of carbonyl (C=O) groups excluding carboxylic acids is 2. The molecule has 0 aliphatic heterocycles. The molecule has 5 nitrogen and oxygen atoms in total. The van der Waals surface area contributed by atoms with E-state index in [4.69, 9.17) is 4.74 Å². The average Bonchev–Trinajstić information content (AvgIpc) is 2.84. The van der Waals surface area contributed by atoms with Crippen molar-refractivity contribution in [2.75, 3.05) is 22.6 Å². The fourth-order valence-corrected chi connectivity index (χ4v) is 4.71. The third-order valence-electron chi connectivity index (χ3n) is 4.46. The highest BCUT2D eigenvalue weighted by molar-refractivity contribution is 9.09. The number of aryl methyl sites for hydroxylation is 1. The summed E-state index contributed by atoms with van der Waals surface area (Å²) < 4.78 is 5.61. The lowest BCUT2D eigenvalue weighted by Gasteiger charge is -2.13. The van der Waals surface area contributed by atoms with E-state index in [9.17, 15) is 9.59 Å². The van der Waals surface area contributed by atoms with Gasteiger partial charge in [-0.25, -0.2) is 0 Å². The smallest absolute Gasteiger partial charge is 0.259 e. The topological polar surface area (TPSA) is 67.4 Å². The van der Waals surface area contributed by atoms with Crippen LogP contribution in [0.2, 0.25) is 0 Å². The van der Waals surface area contributed by atoms with Gasteiger partial charge >= 0.3 is 0 Å². The number of para-hydroxylation sites is 2. The van der Waals surface area contributed by atoms with Gasteiger partial charge in [-0.05, 0) is 50.3 Å². The van der Waals surface area contributed by atoms with Gasteiger partial charge in [0.15, 0.2) is 0 Å². The van der Waals surface area contributed by atoms with Crippen LogP contribution in [0.3, 0.4) is 0 Å². The van der Waals surface area contributed by atoms with Gasteiger partial charge in [0.1, 0.15) is 10.8 Å². The predicted octanol–water partition coefficient (Wildman–Crippen LogP) is 5.00. The van der Waals surface area contributed by atoms with Gasteiger partial charge in [0, 0.05) is 4.88 Å². The van der Waals surface area contributed by atoms with E-state index in [0.717, 1.165) is 31.2 Å². The number of anilines is 2. The first-order valence-corrected chi connectivity index (χ1v) is 11.1. The van der Waals surface area contributed by atoms with Crippen LogP contribution in [0.25, 0.3) is 0 Å². The Morgan fingerprint density at radius 3 is 2.70 bits per heavy atom. The number of alkyl halides is 1. The molecule has 1 aliphatic rings. The van der Waals surface area contributed by atoms with E-state index in [1.807, 2.05) is 31.2 Å². The number of benzene rings is 1. The van der Waals surface area contributed by atoms with Crippen molar-refractivity contribution in [3.8, 4) is 5.75 Å². The number of nitrogens with one attached hydrogen (secondary N) is 2. The summed E-state index contributed by atoms with van der Waals surface area (Å²) in [6.45, 7) is 2.43. The molecule has 1 aromatic heterocycles. The van der Waals surface area contributed by atoms with Gasteiger partial charge in [-0.15, -0.1) is 11.3 Å². The minimum Gasteiger partial charge on any atom is -0.492 e. The largest absolute Gasteiger partial charge is 0.492 e. The summed E-state index contributed by atoms with van der Waals surface area (Å²) in [4.78, 5) is 26.3. The number of carbonyl (C=O) groups is 2. The van der Waals surface area contributed by atoms with Gasteiger partial charge in [-0.1, -0.05) is 34.5 Å². The maximum Gasteiger partial charge on any atom is 0.259 e. The quantitative estimate of drug-likeness (QED) is 0.480. The Morgan fingerprint density at radius 1 is 1.15 bits per heavy atom. The summed E-state index contributed by atoms with van der Waals surface area (Å²) in [5.74, 6) is 0.280. The Balaban J connectivity index is 1.95. The highest BCUT2D eigenvalue weighted by Crippen LogP contribution is 2.38. The zero-order chi connectivity index (χ0) is 19.2. The van der Waals surface area contributed by atoms with E-state index in [0.29, 0.717) is 28.6 Å². The van der Waals surface area contributed by atoms with Crippen molar-refractivity contribution in [3.63, 3.8) is 0 Å². The number of rotatable bonds is 6. The van der Waals surface area contributed by atoms with Crippen molar-refractivity contribution in [1.82, 2.24) is 0 Å². The first kappa shape index (κ1) is 19.9. The molecule has 1 heterocycles. The molecule has 144 valence electrons. The molecular weight excluding hydrogens is 428 g/mol. The number of fused-ring (bicyclic) bond motifs is 1.